The van der Waals surface area contributed by atoms with Crippen LogP contribution >= 0.6 is 0 Å². The van der Waals surface area contributed by atoms with E-state index in [2.05, 4.69) is 5.32 Å². The van der Waals surface area contributed by atoms with Gasteiger partial charge in [0.15, 0.2) is 15.6 Å². The highest BCUT2D eigenvalue weighted by molar-refractivity contribution is 7.92. The number of carbonyl (C=O) groups excluding carboxylic acids is 2. The maximum Gasteiger partial charge on any atom is 0.411 e. The maximum absolute atomic E-state index is 13.5. The molecule has 0 radical (unpaired) electrons. The normalized spacial score (nSPS) is 23.1. The monoisotopic (exact) mass is 488 g/mol. The molecule has 1 amide bonds. The number of amides is 1. The number of nitrogens with one attached hydrogen (secondary N) is 1. The lowest BCUT2D eigenvalue weighted by atomic mass is 9.98. The number of hydrogen-bond donors (Lipinski definition) is 1. The van der Waals surface area contributed by atoms with Gasteiger partial charge in [-0.25, -0.2) is 13.2 Å². The van der Waals surface area contributed by atoms with E-state index in [1.807, 2.05) is 48.5 Å². The molecule has 6 rings (SSSR count). The molecule has 0 bridgehead atoms. The van der Waals surface area contributed by atoms with Crippen LogP contribution < -0.4 is 5.32 Å². The Morgan fingerprint density at radius 2 is 1.51 bits per heavy atom. The summed E-state index contributed by atoms with van der Waals surface area (Å²) in [5, 5.41) is 1.89. The molecule has 35 heavy (non-hydrogen) atoms. The molecule has 3 aliphatic rings. The number of Topliss-reactive ketones (excluding diaryl/α,β-unsaturated/α-hetero) is 1. The molecule has 2 saturated heterocycles. The van der Waals surface area contributed by atoms with Crippen molar-refractivity contribution in [2.45, 2.75) is 34.7 Å². The summed E-state index contributed by atoms with van der Waals surface area (Å²) in [6.07, 6.45) is -0.640. The number of hydrogen-bond acceptors (Lipinski definition) is 6. The Kier molecular flexibility index (Phi) is 5.23. The second-order valence-corrected chi connectivity index (χ2v) is 11.3. The van der Waals surface area contributed by atoms with E-state index >= 15 is 0 Å². The number of fused-ring (bicyclic) bond motifs is 4. The van der Waals surface area contributed by atoms with Crippen LogP contribution in [-0.2, 0) is 19.4 Å². The van der Waals surface area contributed by atoms with Gasteiger partial charge >= 0.3 is 6.09 Å². The fourth-order valence-electron chi connectivity index (χ4n) is 5.69. The van der Waals surface area contributed by atoms with Gasteiger partial charge in [0.2, 0.25) is 0 Å². The summed E-state index contributed by atoms with van der Waals surface area (Å²) in [4.78, 5) is 27.4. The van der Waals surface area contributed by atoms with Crippen molar-refractivity contribution in [3.05, 3.63) is 90.0 Å². The lowest BCUT2D eigenvalue weighted by Gasteiger charge is -2.28. The standard InChI is InChI=1S/C27H24N2O5S/c30-24-15-28-23-14-25(35(32,33)17-8-2-1-3-9-17)29(26(23)24)27(31)34-16-22-20-12-6-4-10-18(20)19-11-5-7-13-21(19)22/h1-13,22-23,25-26,28H,14-16H2/t23-,25?,26+/m1/s1. The number of likely N-dealkylation sites (tertiary alicyclic amines) is 1. The molecule has 3 aromatic rings. The second kappa shape index (κ2) is 8.32. The van der Waals surface area contributed by atoms with Crippen molar-refractivity contribution in [2.75, 3.05) is 13.2 Å². The van der Waals surface area contributed by atoms with Crippen molar-refractivity contribution in [3.8, 4) is 11.1 Å². The summed E-state index contributed by atoms with van der Waals surface area (Å²) in [5.74, 6) is -0.361. The van der Waals surface area contributed by atoms with Crippen LogP contribution in [0.1, 0.15) is 23.5 Å². The highest BCUT2D eigenvalue weighted by Gasteiger charge is 2.55. The van der Waals surface area contributed by atoms with Crippen molar-refractivity contribution in [2.24, 2.45) is 0 Å². The summed E-state index contributed by atoms with van der Waals surface area (Å²) < 4.78 is 32.8. The number of carbonyl (C=O) groups is 2. The first-order valence-corrected chi connectivity index (χ1v) is 13.2. The molecule has 0 aromatic heterocycles. The van der Waals surface area contributed by atoms with Crippen LogP contribution in [0.25, 0.3) is 11.1 Å². The minimum Gasteiger partial charge on any atom is -0.448 e. The van der Waals surface area contributed by atoms with Crippen LogP contribution in [0, 0.1) is 0 Å². The largest absolute Gasteiger partial charge is 0.448 e. The van der Waals surface area contributed by atoms with E-state index in [0.29, 0.717) is 0 Å². The van der Waals surface area contributed by atoms with Crippen LogP contribution in [0.3, 0.4) is 0 Å². The van der Waals surface area contributed by atoms with E-state index in [1.54, 1.807) is 18.2 Å². The van der Waals surface area contributed by atoms with Gasteiger partial charge in [0.25, 0.3) is 0 Å². The van der Waals surface area contributed by atoms with Gasteiger partial charge in [0.05, 0.1) is 11.4 Å². The summed E-state index contributed by atoms with van der Waals surface area (Å²) in [7, 11) is -3.90. The quantitative estimate of drug-likeness (QED) is 0.606. The van der Waals surface area contributed by atoms with E-state index in [4.69, 9.17) is 4.74 Å². The third-order valence-electron chi connectivity index (χ3n) is 7.29. The molecule has 2 aliphatic heterocycles. The fraction of sp³-hybridized carbons (Fsp3) is 0.259. The van der Waals surface area contributed by atoms with Crippen molar-refractivity contribution in [1.82, 2.24) is 10.2 Å². The Balaban J connectivity index is 1.30. The molecule has 0 spiro atoms. The average molecular weight is 489 g/mol. The van der Waals surface area contributed by atoms with Gasteiger partial charge < -0.3 is 10.1 Å². The summed E-state index contributed by atoms with van der Waals surface area (Å²) in [6, 6.07) is 22.8. The number of nitrogens with zero attached hydrogens (tertiary/aromatic N) is 1. The molecule has 1 N–H and O–H groups in total. The summed E-state index contributed by atoms with van der Waals surface area (Å²) in [6.45, 7) is 0.168. The zero-order valence-corrected chi connectivity index (χ0v) is 19.6. The van der Waals surface area contributed by atoms with E-state index in [-0.39, 0.29) is 36.2 Å². The van der Waals surface area contributed by atoms with E-state index in [0.717, 1.165) is 27.2 Å². The molecule has 1 unspecified atom stereocenters. The molecule has 3 atom stereocenters. The summed E-state index contributed by atoms with van der Waals surface area (Å²) in [5.41, 5.74) is 4.33. The van der Waals surface area contributed by atoms with Gasteiger partial charge in [-0.2, -0.15) is 0 Å². The minimum atomic E-state index is -3.90. The Bertz CT molecular complexity index is 1380. The molecular formula is C27H24N2O5S. The van der Waals surface area contributed by atoms with Gasteiger partial charge in [-0.05, 0) is 34.4 Å². The predicted molar refractivity (Wildman–Crippen MR) is 130 cm³/mol. The SMILES string of the molecule is O=C1CN[C@@H]2CC(S(=O)(=O)c3ccccc3)N(C(=O)OCC3c4ccccc4-c4ccccc43)[C@H]12. The number of ketones is 1. The lowest BCUT2D eigenvalue weighted by molar-refractivity contribution is -0.120. The Morgan fingerprint density at radius 3 is 2.17 bits per heavy atom. The van der Waals surface area contributed by atoms with Crippen LogP contribution in [0.15, 0.2) is 83.8 Å². The highest BCUT2D eigenvalue weighted by atomic mass is 32.2. The zero-order valence-electron chi connectivity index (χ0n) is 18.8. The van der Waals surface area contributed by atoms with Crippen LogP contribution in [0.4, 0.5) is 4.79 Å². The van der Waals surface area contributed by atoms with Crippen LogP contribution in [0.2, 0.25) is 0 Å². The zero-order chi connectivity index (χ0) is 24.2. The first-order chi connectivity index (χ1) is 17.0. The minimum absolute atomic E-state index is 0.0560. The number of sulfone groups is 1. The van der Waals surface area contributed by atoms with E-state index in [9.17, 15) is 18.0 Å². The van der Waals surface area contributed by atoms with Crippen molar-refractivity contribution < 1.29 is 22.7 Å². The van der Waals surface area contributed by atoms with Crippen LogP contribution in [-0.4, -0.2) is 55.8 Å². The lowest BCUT2D eigenvalue weighted by Crippen LogP contribution is -2.48. The number of ether oxygens (including phenoxy) is 1. The van der Waals surface area contributed by atoms with Crippen molar-refractivity contribution in [3.63, 3.8) is 0 Å². The van der Waals surface area contributed by atoms with E-state index < -0.39 is 33.4 Å². The van der Waals surface area contributed by atoms with Gasteiger partial charge in [-0.3, -0.25) is 9.69 Å². The molecule has 3 aromatic carbocycles. The maximum atomic E-state index is 13.5. The topological polar surface area (TPSA) is 92.8 Å². The Morgan fingerprint density at radius 1 is 0.914 bits per heavy atom. The van der Waals surface area contributed by atoms with Crippen molar-refractivity contribution >= 4 is 21.7 Å². The Labute approximate surface area is 203 Å². The van der Waals surface area contributed by atoms with Crippen molar-refractivity contribution in [1.29, 1.82) is 0 Å². The summed E-state index contributed by atoms with van der Waals surface area (Å²) >= 11 is 0. The number of rotatable bonds is 4. The third kappa shape index (κ3) is 3.47. The third-order valence-corrected chi connectivity index (χ3v) is 9.36. The predicted octanol–water partition coefficient (Wildman–Crippen LogP) is 3.35. The Hall–Kier alpha value is -3.49. The van der Waals surface area contributed by atoms with Gasteiger partial charge in [-0.15, -0.1) is 0 Å². The van der Waals surface area contributed by atoms with Crippen LogP contribution in [0.5, 0.6) is 0 Å². The van der Waals surface area contributed by atoms with E-state index in [1.165, 1.54) is 12.1 Å². The molecule has 8 heteroatoms. The first kappa shape index (κ1) is 22.0. The molecule has 7 nitrogen and oxygen atoms in total. The molecule has 2 fully saturated rings. The first-order valence-electron chi connectivity index (χ1n) is 11.6. The smallest absolute Gasteiger partial charge is 0.411 e. The highest BCUT2D eigenvalue weighted by Crippen LogP contribution is 2.45. The number of benzene rings is 3. The second-order valence-electron chi connectivity index (χ2n) is 9.16. The molecular weight excluding hydrogens is 464 g/mol. The van der Waals surface area contributed by atoms with Gasteiger partial charge in [0, 0.05) is 18.4 Å². The van der Waals surface area contributed by atoms with Gasteiger partial charge in [0.1, 0.15) is 18.0 Å². The van der Waals surface area contributed by atoms with Gasteiger partial charge in [-0.1, -0.05) is 66.7 Å². The molecule has 1 aliphatic carbocycles. The molecule has 0 saturated carbocycles. The molecule has 2 heterocycles. The molecule has 178 valence electrons. The fourth-order valence-corrected chi connectivity index (χ4v) is 7.51. The average Bonchev–Trinajstić information content (AvgIpc) is 3.54.